The fourth-order valence-electron chi connectivity index (χ4n) is 6.24. The first kappa shape index (κ1) is 39.0. The molecule has 0 saturated carbocycles. The number of fused-ring (bicyclic) bond motifs is 2. The number of carboxylic acids is 1. The van der Waals surface area contributed by atoms with Crippen LogP contribution in [0.15, 0.2) is 77.4 Å². The number of carboxylic acid groups (broad SMARTS) is 1. The van der Waals surface area contributed by atoms with E-state index in [9.17, 15) is 39.7 Å². The highest BCUT2D eigenvalue weighted by Crippen LogP contribution is 2.48. The zero-order chi connectivity index (χ0) is 37.3. The Bertz CT molecular complexity index is 2130. The standard InChI is InChI=1S/C32H38N2O13S3/c1-31(2)24-20-22(30(35)36)12-14-26(24)33(16-8-18-46-49(40,41)42)28(31)10-6-5-7-11-29-32(3,4)25-21-23(48(37,38)39)13-15-27(25)34(29)17-9-19-47-50(43,44)45/h5-7,10-15,20-21H,8-9,16-19H2,1-4H3,(H3-,35,36,37,38,39,40,41,42,43,44,45)/p+1. The van der Waals surface area contributed by atoms with Crippen LogP contribution < -0.4 is 4.90 Å². The van der Waals surface area contributed by atoms with E-state index in [1.54, 1.807) is 36.4 Å². The Morgan fingerprint density at radius 2 is 1.46 bits per heavy atom. The summed E-state index contributed by atoms with van der Waals surface area (Å²) in [6.45, 7) is 7.56. The highest BCUT2D eigenvalue weighted by Gasteiger charge is 2.45. The van der Waals surface area contributed by atoms with E-state index in [0.29, 0.717) is 17.8 Å². The van der Waals surface area contributed by atoms with Crippen molar-refractivity contribution in [3.8, 4) is 0 Å². The average molecular weight is 756 g/mol. The summed E-state index contributed by atoms with van der Waals surface area (Å²) in [6.07, 6.45) is 9.33. The number of aromatic carboxylic acids is 1. The normalized spacial score (nSPS) is 18.1. The molecule has 0 unspecified atom stereocenters. The first-order chi connectivity index (χ1) is 23.0. The van der Waals surface area contributed by atoms with Crippen molar-refractivity contribution >= 4 is 54.0 Å². The monoisotopic (exact) mass is 755 g/mol. The molecule has 4 rings (SSSR count). The van der Waals surface area contributed by atoms with Crippen LogP contribution in [0.2, 0.25) is 0 Å². The maximum Gasteiger partial charge on any atom is 0.397 e. The number of anilines is 1. The molecular formula is C32H39N2O13S3+. The lowest BCUT2D eigenvalue weighted by atomic mass is 9.81. The van der Waals surface area contributed by atoms with Gasteiger partial charge in [-0.3, -0.25) is 13.7 Å². The minimum absolute atomic E-state index is 0.112. The average Bonchev–Trinajstić information content (AvgIpc) is 3.33. The Hall–Kier alpha value is -3.75. The molecule has 2 aliphatic heterocycles. The Labute approximate surface area is 291 Å². The van der Waals surface area contributed by atoms with Crippen molar-refractivity contribution in [3.63, 3.8) is 0 Å². The largest absolute Gasteiger partial charge is 0.478 e. The Balaban J connectivity index is 1.67. The third kappa shape index (κ3) is 8.93. The van der Waals surface area contributed by atoms with E-state index in [-0.39, 0.29) is 43.1 Å². The summed E-state index contributed by atoms with van der Waals surface area (Å²) >= 11 is 0. The summed E-state index contributed by atoms with van der Waals surface area (Å²) in [7, 11) is -13.7. The van der Waals surface area contributed by atoms with E-state index in [4.69, 9.17) is 9.11 Å². The van der Waals surface area contributed by atoms with E-state index in [0.717, 1.165) is 22.7 Å². The first-order valence-corrected chi connectivity index (χ1v) is 19.4. The van der Waals surface area contributed by atoms with E-state index >= 15 is 0 Å². The Morgan fingerprint density at radius 1 is 0.820 bits per heavy atom. The van der Waals surface area contributed by atoms with E-state index in [2.05, 4.69) is 8.37 Å². The van der Waals surface area contributed by atoms with Crippen LogP contribution >= 0.6 is 0 Å². The van der Waals surface area contributed by atoms with Crippen LogP contribution in [0.4, 0.5) is 11.4 Å². The van der Waals surface area contributed by atoms with Gasteiger partial charge in [0.2, 0.25) is 5.69 Å². The molecule has 0 aliphatic carbocycles. The summed E-state index contributed by atoms with van der Waals surface area (Å²) in [5.74, 6) is -1.08. The van der Waals surface area contributed by atoms with Crippen molar-refractivity contribution < 1.29 is 61.8 Å². The second-order valence-corrected chi connectivity index (χ2v) is 16.2. The van der Waals surface area contributed by atoms with Crippen LogP contribution in [0, 0.1) is 0 Å². The van der Waals surface area contributed by atoms with Gasteiger partial charge in [-0.1, -0.05) is 32.1 Å². The van der Waals surface area contributed by atoms with Crippen LogP contribution in [0.3, 0.4) is 0 Å². The molecule has 0 bridgehead atoms. The molecule has 4 N–H and O–H groups in total. The summed E-state index contributed by atoms with van der Waals surface area (Å²) < 4.78 is 106. The van der Waals surface area contributed by atoms with Gasteiger partial charge in [-0.15, -0.1) is 0 Å². The molecule has 18 heteroatoms. The minimum Gasteiger partial charge on any atom is -0.478 e. The fourth-order valence-corrected chi connectivity index (χ4v) is 7.40. The van der Waals surface area contributed by atoms with Crippen LogP contribution in [-0.4, -0.2) is 86.6 Å². The van der Waals surface area contributed by atoms with E-state index < -0.39 is 47.7 Å². The number of carbonyl (C=O) groups is 1. The quantitative estimate of drug-likeness (QED) is 0.0865. The second kappa shape index (κ2) is 14.5. The molecule has 272 valence electrons. The lowest BCUT2D eigenvalue weighted by Crippen LogP contribution is -2.28. The van der Waals surface area contributed by atoms with Crippen LogP contribution in [0.25, 0.3) is 0 Å². The summed E-state index contributed by atoms with van der Waals surface area (Å²) in [4.78, 5) is 13.3. The van der Waals surface area contributed by atoms with E-state index in [1.807, 2.05) is 49.3 Å². The molecule has 0 fully saturated rings. The van der Waals surface area contributed by atoms with Crippen LogP contribution in [0.5, 0.6) is 0 Å². The molecule has 2 heterocycles. The number of hydrogen-bond donors (Lipinski definition) is 4. The van der Waals surface area contributed by atoms with Crippen molar-refractivity contribution in [2.75, 3.05) is 31.2 Å². The lowest BCUT2D eigenvalue weighted by molar-refractivity contribution is -0.438. The van der Waals surface area contributed by atoms with Crippen LogP contribution in [-0.2, 0) is 50.1 Å². The van der Waals surface area contributed by atoms with Gasteiger partial charge >= 0.3 is 26.8 Å². The third-order valence-corrected chi connectivity index (χ3v) is 10.3. The molecule has 0 spiro atoms. The smallest absolute Gasteiger partial charge is 0.397 e. The molecule has 2 aromatic carbocycles. The second-order valence-electron chi connectivity index (χ2n) is 12.6. The molecule has 2 aromatic rings. The molecule has 0 saturated heterocycles. The zero-order valence-electron chi connectivity index (χ0n) is 27.7. The third-order valence-electron chi connectivity index (χ3n) is 8.55. The Morgan fingerprint density at radius 3 is 2.06 bits per heavy atom. The number of rotatable bonds is 15. The van der Waals surface area contributed by atoms with Crippen molar-refractivity contribution in [2.24, 2.45) is 0 Å². The van der Waals surface area contributed by atoms with Crippen molar-refractivity contribution in [1.29, 1.82) is 0 Å². The number of hydrogen-bond acceptors (Lipinski definition) is 10. The van der Waals surface area contributed by atoms with Gasteiger partial charge in [-0.2, -0.15) is 29.8 Å². The van der Waals surface area contributed by atoms with Gasteiger partial charge in [0.25, 0.3) is 10.1 Å². The van der Waals surface area contributed by atoms with Crippen LogP contribution in [0.1, 0.15) is 62.0 Å². The molecule has 50 heavy (non-hydrogen) atoms. The lowest BCUT2D eigenvalue weighted by Gasteiger charge is -2.27. The molecule has 0 aromatic heterocycles. The summed E-state index contributed by atoms with van der Waals surface area (Å²) in [5.41, 5.74) is 2.93. The summed E-state index contributed by atoms with van der Waals surface area (Å²) in [6, 6.07) is 8.98. The minimum atomic E-state index is -4.63. The fraction of sp³-hybridized carbons (Fsp3) is 0.375. The van der Waals surface area contributed by atoms with Gasteiger partial charge in [0, 0.05) is 47.5 Å². The van der Waals surface area contributed by atoms with Gasteiger partial charge in [0.15, 0.2) is 12.3 Å². The predicted molar refractivity (Wildman–Crippen MR) is 183 cm³/mol. The van der Waals surface area contributed by atoms with Gasteiger partial charge in [0.1, 0.15) is 0 Å². The highest BCUT2D eigenvalue weighted by atomic mass is 32.3. The molecule has 15 nitrogen and oxygen atoms in total. The first-order valence-electron chi connectivity index (χ1n) is 15.3. The van der Waals surface area contributed by atoms with Crippen molar-refractivity contribution in [1.82, 2.24) is 0 Å². The summed E-state index contributed by atoms with van der Waals surface area (Å²) in [5, 5.41) is 9.58. The predicted octanol–water partition coefficient (Wildman–Crippen LogP) is 4.22. The van der Waals surface area contributed by atoms with Gasteiger partial charge in [-0.25, -0.2) is 13.2 Å². The number of allylic oxidation sites excluding steroid dienone is 6. The zero-order valence-corrected chi connectivity index (χ0v) is 30.1. The number of nitrogens with zero attached hydrogens (tertiary/aromatic N) is 2. The SMILES string of the molecule is CC1(C)C(/C=C/C=C/C=C2/N(CCCOS(=O)(=O)O)c3ccc(S(=O)(=O)O)cc3C2(C)C)=[N+](CCCOS(=O)(=O)O)c2ccc(C(=O)O)cc21. The van der Waals surface area contributed by atoms with Gasteiger partial charge in [0.05, 0.1) is 29.1 Å². The van der Waals surface area contributed by atoms with Crippen molar-refractivity contribution in [3.05, 3.63) is 89.2 Å². The molecular weight excluding hydrogens is 717 g/mol. The maximum absolute atomic E-state index is 11.9. The van der Waals surface area contributed by atoms with E-state index in [1.165, 1.54) is 18.2 Å². The van der Waals surface area contributed by atoms with Gasteiger partial charge < -0.3 is 10.0 Å². The van der Waals surface area contributed by atoms with Crippen molar-refractivity contribution in [2.45, 2.75) is 56.3 Å². The maximum atomic E-state index is 11.9. The molecule has 0 amide bonds. The highest BCUT2D eigenvalue weighted by molar-refractivity contribution is 7.85. The molecule has 0 radical (unpaired) electrons. The topological polar surface area (TPSA) is 225 Å². The molecule has 0 atom stereocenters. The van der Waals surface area contributed by atoms with Gasteiger partial charge in [-0.05, 0) is 62.2 Å². The number of benzene rings is 2. The Kier molecular flexibility index (Phi) is 11.3. The molecule has 2 aliphatic rings.